The van der Waals surface area contributed by atoms with E-state index < -0.39 is 0 Å². The van der Waals surface area contributed by atoms with E-state index in [4.69, 9.17) is 32.5 Å². The zero-order valence-corrected chi connectivity index (χ0v) is 33.6. The molecule has 6 nitrogen and oxygen atoms in total. The molecule has 6 aliphatic rings. The van der Waals surface area contributed by atoms with Gasteiger partial charge in [-0.2, -0.15) is 0 Å². The summed E-state index contributed by atoms with van der Waals surface area (Å²) in [5, 5.41) is 0. The summed E-state index contributed by atoms with van der Waals surface area (Å²) < 4.78 is 11.2. The fraction of sp³-hybridized carbons (Fsp3) is 0.846. The molecule has 0 heterocycles. The highest BCUT2D eigenvalue weighted by Crippen LogP contribution is 2.64. The highest BCUT2D eigenvalue weighted by atomic mass is 127. The van der Waals surface area contributed by atoms with Gasteiger partial charge in [-0.1, -0.05) is 46.9 Å². The second-order valence-electron chi connectivity index (χ2n) is 17.4. The standard InChI is InChI=1S/C13H22O2.C12H20O2.C7H13N.C6H11N.CH2ClI/c1-12(2,3)15-11(14)5-4-10-8-13(9-10)6-7-13;1-9-7-10(8-9)5-6-11(13)14-12(2,3)4;8-5-6-3-7(4-6)1-2-7;1-5-2-6(3-5)4-7;2-1-3/h10H,4-9H2,1-3H3;10H,1,5-8H2,2-4H3;6H,1-5,8H2;6H,1-4,7H2;1H2. The van der Waals surface area contributed by atoms with Crippen LogP contribution < -0.4 is 11.5 Å². The third-order valence-corrected chi connectivity index (χ3v) is 10.1. The van der Waals surface area contributed by atoms with Crippen LogP contribution in [0.3, 0.4) is 0 Å². The largest absolute Gasteiger partial charge is 0.460 e. The van der Waals surface area contributed by atoms with E-state index in [9.17, 15) is 9.59 Å². The molecule has 6 fully saturated rings. The first-order valence-corrected chi connectivity index (χ1v) is 20.2. The monoisotopic (exact) mass is 790 g/mol. The Kier molecular flexibility index (Phi) is 17.3. The SMILES string of the molecule is C=C1CC(CCC(=O)OC(C)(C)C)C1.C=C1CC(CN)C1.CC(C)(C)OC(=O)CCC1CC2(CC2)C1.ClCI.NCC1CC2(CC2)C1. The van der Waals surface area contributed by atoms with Crippen LogP contribution in [0, 0.1) is 34.5 Å². The van der Waals surface area contributed by atoms with Gasteiger partial charge in [0.05, 0.1) is 3.89 Å². The first kappa shape index (κ1) is 42.5. The van der Waals surface area contributed by atoms with Crippen LogP contribution in [0.15, 0.2) is 24.3 Å². The van der Waals surface area contributed by atoms with Gasteiger partial charge in [-0.3, -0.25) is 9.59 Å². The van der Waals surface area contributed by atoms with Crippen LogP contribution in [0.2, 0.25) is 0 Å². The predicted octanol–water partition coefficient (Wildman–Crippen LogP) is 10.0. The summed E-state index contributed by atoms with van der Waals surface area (Å²) in [7, 11) is 0. The fourth-order valence-corrected chi connectivity index (χ4v) is 7.18. The van der Waals surface area contributed by atoms with E-state index in [0.29, 0.717) is 22.6 Å². The predicted molar refractivity (Wildman–Crippen MR) is 206 cm³/mol. The second-order valence-corrected chi connectivity index (χ2v) is 19.4. The number of ether oxygens (including phenoxy) is 2. The number of carbonyl (C=O) groups is 2. The smallest absolute Gasteiger partial charge is 0.306 e. The van der Waals surface area contributed by atoms with Crippen LogP contribution in [-0.4, -0.2) is 40.1 Å². The summed E-state index contributed by atoms with van der Waals surface area (Å²) in [6.45, 7) is 20.9. The minimum absolute atomic E-state index is 0.0285. The van der Waals surface area contributed by atoms with Crippen molar-refractivity contribution in [2.45, 2.75) is 155 Å². The van der Waals surface area contributed by atoms with E-state index in [0.717, 1.165) is 67.4 Å². The number of halogens is 2. The van der Waals surface area contributed by atoms with E-state index in [2.05, 4.69) is 35.7 Å². The number of rotatable bonds is 8. The molecule has 0 bridgehead atoms. The molecule has 2 spiro atoms. The van der Waals surface area contributed by atoms with Crippen molar-refractivity contribution < 1.29 is 19.1 Å². The normalized spacial score (nSPS) is 23.2. The van der Waals surface area contributed by atoms with E-state index in [1.165, 1.54) is 75.4 Å². The molecule has 4 N–H and O–H groups in total. The Morgan fingerprint density at radius 2 is 1.02 bits per heavy atom. The average molecular weight is 791 g/mol. The molecular weight excluding hydrogens is 723 g/mol. The number of carbonyl (C=O) groups excluding carboxylic acids is 2. The van der Waals surface area contributed by atoms with E-state index >= 15 is 0 Å². The Morgan fingerprint density at radius 3 is 1.30 bits per heavy atom. The van der Waals surface area contributed by atoms with E-state index in [-0.39, 0.29) is 23.1 Å². The lowest BCUT2D eigenvalue weighted by atomic mass is 9.70. The lowest BCUT2D eigenvalue weighted by molar-refractivity contribution is -0.156. The van der Waals surface area contributed by atoms with Crippen molar-refractivity contribution in [2.75, 3.05) is 17.0 Å². The maximum Gasteiger partial charge on any atom is 0.306 e. The van der Waals surface area contributed by atoms with E-state index in [1.54, 1.807) is 0 Å². The van der Waals surface area contributed by atoms with Gasteiger partial charge in [0.1, 0.15) is 11.2 Å². The molecule has 0 unspecified atom stereocenters. The minimum atomic E-state index is -0.347. The lowest BCUT2D eigenvalue weighted by Gasteiger charge is -2.35. The highest BCUT2D eigenvalue weighted by molar-refractivity contribution is 14.1. The quantitative estimate of drug-likeness (QED) is 0.110. The first-order chi connectivity index (χ1) is 21.8. The minimum Gasteiger partial charge on any atom is -0.460 e. The molecule has 0 aliphatic heterocycles. The molecule has 0 saturated heterocycles. The third kappa shape index (κ3) is 17.7. The van der Waals surface area contributed by atoms with Gasteiger partial charge in [-0.15, -0.1) is 11.6 Å². The first-order valence-electron chi connectivity index (χ1n) is 18.1. The Bertz CT molecular complexity index is 993. The number of allylic oxidation sites excluding steroid dienone is 2. The van der Waals surface area contributed by atoms with Crippen LogP contribution in [0.25, 0.3) is 0 Å². The maximum atomic E-state index is 11.5. The van der Waals surface area contributed by atoms with Crippen molar-refractivity contribution >= 4 is 46.1 Å². The molecule has 0 atom stereocenters. The number of alkyl halides is 2. The van der Waals surface area contributed by atoms with Crippen molar-refractivity contribution in [3.63, 3.8) is 0 Å². The van der Waals surface area contributed by atoms with Gasteiger partial charge in [0.25, 0.3) is 0 Å². The number of hydrogen-bond donors (Lipinski definition) is 2. The van der Waals surface area contributed by atoms with Crippen molar-refractivity contribution in [1.29, 1.82) is 0 Å². The molecule has 0 aromatic heterocycles. The molecule has 6 rings (SSSR count). The van der Waals surface area contributed by atoms with Gasteiger partial charge in [0.15, 0.2) is 0 Å². The lowest BCUT2D eigenvalue weighted by Crippen LogP contribution is -2.30. The number of hydrogen-bond acceptors (Lipinski definition) is 6. The topological polar surface area (TPSA) is 105 Å². The van der Waals surface area contributed by atoms with Crippen LogP contribution in [0.4, 0.5) is 0 Å². The van der Waals surface area contributed by atoms with Crippen molar-refractivity contribution in [2.24, 2.45) is 46.0 Å². The summed E-state index contributed by atoms with van der Waals surface area (Å²) in [6, 6.07) is 0. The molecule has 8 heteroatoms. The van der Waals surface area contributed by atoms with Crippen LogP contribution in [-0.2, 0) is 19.1 Å². The zero-order valence-electron chi connectivity index (χ0n) is 30.7. The van der Waals surface area contributed by atoms with Gasteiger partial charge in [0.2, 0.25) is 0 Å². The molecule has 0 aromatic rings. The van der Waals surface area contributed by atoms with Crippen molar-refractivity contribution in [1.82, 2.24) is 0 Å². The van der Waals surface area contributed by atoms with Crippen LogP contribution in [0.1, 0.15) is 144 Å². The van der Waals surface area contributed by atoms with Crippen LogP contribution in [0.5, 0.6) is 0 Å². The van der Waals surface area contributed by atoms with Gasteiger partial charge >= 0.3 is 11.9 Å². The van der Waals surface area contributed by atoms with Gasteiger partial charge in [0, 0.05) is 12.8 Å². The maximum absolute atomic E-state index is 11.5. The highest BCUT2D eigenvalue weighted by Gasteiger charge is 2.52. The van der Waals surface area contributed by atoms with E-state index in [1.807, 2.05) is 41.5 Å². The summed E-state index contributed by atoms with van der Waals surface area (Å²) in [5.41, 5.74) is 14.5. The molecule has 6 aliphatic carbocycles. The van der Waals surface area contributed by atoms with Gasteiger partial charge in [-0.05, 0) is 179 Å². The molecule has 6 saturated carbocycles. The summed E-state index contributed by atoms with van der Waals surface area (Å²) in [5.74, 6) is 3.05. The summed E-state index contributed by atoms with van der Waals surface area (Å²) in [4.78, 5) is 22.8. The Labute approximate surface area is 306 Å². The second kappa shape index (κ2) is 19.1. The molecule has 0 radical (unpaired) electrons. The van der Waals surface area contributed by atoms with Gasteiger partial charge < -0.3 is 20.9 Å². The van der Waals surface area contributed by atoms with Crippen LogP contribution >= 0.6 is 34.2 Å². The Morgan fingerprint density at radius 1 is 0.702 bits per heavy atom. The molecular formula is C39H68ClIN2O4. The van der Waals surface area contributed by atoms with Crippen molar-refractivity contribution in [3.05, 3.63) is 24.3 Å². The summed E-state index contributed by atoms with van der Waals surface area (Å²) >= 11 is 7.04. The number of esters is 2. The van der Waals surface area contributed by atoms with Crippen molar-refractivity contribution in [3.8, 4) is 0 Å². The van der Waals surface area contributed by atoms with Gasteiger partial charge in [-0.25, -0.2) is 0 Å². The molecule has 272 valence electrons. The average Bonchev–Trinajstić information content (AvgIpc) is 3.80. The summed E-state index contributed by atoms with van der Waals surface area (Å²) in [6.07, 6.45) is 19.2. The molecule has 0 amide bonds. The Balaban J connectivity index is 0.000000220. The number of nitrogens with two attached hydrogens (primary N) is 2. The molecule has 0 aromatic carbocycles. The third-order valence-electron chi connectivity index (χ3n) is 10.1. The molecule has 47 heavy (non-hydrogen) atoms. The Hall–Kier alpha value is -0.640. The fourth-order valence-electron chi connectivity index (χ4n) is 7.18. The zero-order chi connectivity index (χ0) is 35.5.